The molecule has 1 aliphatic carbocycles. The number of aliphatic hydroxyl groups excluding tert-OH is 1. The smallest absolute Gasteiger partial charge is 0.331 e. The van der Waals surface area contributed by atoms with Crippen molar-refractivity contribution in [1.82, 2.24) is 19.9 Å². The fourth-order valence-corrected chi connectivity index (χ4v) is 5.76. The van der Waals surface area contributed by atoms with Crippen molar-refractivity contribution in [1.29, 1.82) is 0 Å². The number of aromatic nitrogens is 4. The van der Waals surface area contributed by atoms with Gasteiger partial charge in [-0.05, 0) is 32.1 Å². The molecule has 0 spiro atoms. The van der Waals surface area contributed by atoms with Crippen molar-refractivity contribution in [2.24, 2.45) is 0 Å². The van der Waals surface area contributed by atoms with E-state index in [1.54, 1.807) is 12.4 Å². The Kier molecular flexibility index (Phi) is 5.53. The van der Waals surface area contributed by atoms with Gasteiger partial charge in [-0.3, -0.25) is 0 Å². The number of halogens is 3. The summed E-state index contributed by atoms with van der Waals surface area (Å²) < 4.78 is 41.1. The second kappa shape index (κ2) is 8.11. The molecule has 0 bridgehead atoms. The average Bonchev–Trinajstić information content (AvgIpc) is 2.99. The predicted octanol–water partition coefficient (Wildman–Crippen LogP) is 2.89. The third kappa shape index (κ3) is 3.84. The molecule has 5 rings (SSSR count). The molecule has 8 nitrogen and oxygen atoms in total. The first-order chi connectivity index (χ1) is 15.3. The summed E-state index contributed by atoms with van der Waals surface area (Å²) in [4.78, 5) is 19.5. The Balaban J connectivity index is 1.41. The van der Waals surface area contributed by atoms with Crippen molar-refractivity contribution >= 4 is 34.2 Å². The summed E-state index contributed by atoms with van der Waals surface area (Å²) in [6.45, 7) is 1.19. The van der Waals surface area contributed by atoms with Crippen LogP contribution in [0, 0.1) is 0 Å². The monoisotopic (exact) mass is 484 g/mol. The van der Waals surface area contributed by atoms with Gasteiger partial charge in [0.15, 0.2) is 0 Å². The molecule has 2 aromatic heterocycles. The summed E-state index contributed by atoms with van der Waals surface area (Å²) in [7, 11) is -2.52. The van der Waals surface area contributed by atoms with E-state index in [9.17, 15) is 18.1 Å². The van der Waals surface area contributed by atoms with Gasteiger partial charge < -0.3 is 15.3 Å². The quantitative estimate of drug-likeness (QED) is 0.667. The number of nitrogens with zero attached hydrogens (tertiary/aromatic N) is 5. The van der Waals surface area contributed by atoms with Gasteiger partial charge in [0.2, 0.25) is 5.95 Å². The van der Waals surface area contributed by atoms with Gasteiger partial charge in [0.05, 0.1) is 41.7 Å². The average molecular weight is 485 g/mol. The number of piperidine rings is 1. The first-order valence-electron chi connectivity index (χ1n) is 10.6. The molecule has 1 saturated heterocycles. The lowest BCUT2D eigenvalue weighted by Gasteiger charge is -2.41. The van der Waals surface area contributed by atoms with Crippen LogP contribution in [0.2, 0.25) is 5.02 Å². The summed E-state index contributed by atoms with van der Waals surface area (Å²) in [5.74, 6) is 1.22. The predicted molar refractivity (Wildman–Crippen MR) is 116 cm³/mol. The van der Waals surface area contributed by atoms with Crippen molar-refractivity contribution in [3.05, 3.63) is 28.9 Å². The highest BCUT2D eigenvalue weighted by Gasteiger charge is 2.50. The van der Waals surface area contributed by atoms with E-state index in [0.717, 1.165) is 6.42 Å². The molecule has 2 fully saturated rings. The molecule has 1 saturated carbocycles. The van der Waals surface area contributed by atoms with Crippen LogP contribution in [-0.2, 0) is 17.2 Å². The van der Waals surface area contributed by atoms with Gasteiger partial charge in [-0.15, -0.1) is 0 Å². The van der Waals surface area contributed by atoms with Gasteiger partial charge in [-0.1, -0.05) is 11.6 Å². The molecular formula is C20H23ClF2N6O2S. The van der Waals surface area contributed by atoms with E-state index in [0.29, 0.717) is 55.6 Å². The lowest BCUT2D eigenvalue weighted by molar-refractivity contribution is 0.104. The Morgan fingerprint density at radius 2 is 1.91 bits per heavy atom. The van der Waals surface area contributed by atoms with Crippen LogP contribution < -0.4 is 10.2 Å². The second-order valence-electron chi connectivity index (χ2n) is 8.67. The zero-order valence-electron chi connectivity index (χ0n) is 17.2. The van der Waals surface area contributed by atoms with Crippen LogP contribution in [0.5, 0.6) is 0 Å². The van der Waals surface area contributed by atoms with E-state index >= 15 is 0 Å². The minimum absolute atomic E-state index is 0.0227. The maximum Gasteiger partial charge on any atom is 0.331 e. The van der Waals surface area contributed by atoms with Crippen LogP contribution in [0.25, 0.3) is 0 Å². The number of fused-ring (bicyclic) bond motifs is 1. The normalized spacial score (nSPS) is 24.1. The zero-order chi connectivity index (χ0) is 22.5. The molecule has 32 heavy (non-hydrogen) atoms. The highest BCUT2D eigenvalue weighted by Crippen LogP contribution is 2.44. The van der Waals surface area contributed by atoms with Gasteiger partial charge in [0, 0.05) is 19.0 Å². The Morgan fingerprint density at radius 3 is 2.50 bits per heavy atom. The lowest BCUT2D eigenvalue weighted by atomic mass is 9.77. The van der Waals surface area contributed by atoms with Crippen LogP contribution in [0.15, 0.2) is 17.3 Å². The summed E-state index contributed by atoms with van der Waals surface area (Å²) in [6.07, 6.45) is 6.19. The molecule has 1 unspecified atom stereocenters. The molecular weight excluding hydrogens is 462 g/mol. The highest BCUT2D eigenvalue weighted by molar-refractivity contribution is 7.86. The van der Waals surface area contributed by atoms with Crippen molar-refractivity contribution < 1.29 is 18.1 Å². The summed E-state index contributed by atoms with van der Waals surface area (Å²) in [6, 6.07) is 0. The number of alkyl halides is 2. The zero-order valence-corrected chi connectivity index (χ0v) is 18.8. The maximum atomic E-state index is 14.3. The number of nitrogens with one attached hydrogen (secondary N) is 1. The van der Waals surface area contributed by atoms with Crippen molar-refractivity contribution in [3.63, 3.8) is 0 Å². The summed E-state index contributed by atoms with van der Waals surface area (Å²) in [5, 5.41) is 10.1. The molecule has 3 aliphatic rings. The maximum absolute atomic E-state index is 14.3. The van der Waals surface area contributed by atoms with Gasteiger partial charge in [-0.25, -0.2) is 24.1 Å². The SMILES string of the molecule is O=S1c2c(nc(C3CCN(c4ncc(Cl)cn4)CC3)nc2NC2(CO)CCC2)CC1(F)F. The third-order valence-electron chi connectivity index (χ3n) is 6.53. The molecule has 0 radical (unpaired) electrons. The molecule has 172 valence electrons. The number of hydrogen-bond donors (Lipinski definition) is 2. The number of hydrogen-bond acceptors (Lipinski definition) is 8. The van der Waals surface area contributed by atoms with E-state index in [1.165, 1.54) is 0 Å². The Bertz CT molecular complexity index is 1040. The Hall–Kier alpha value is -1.98. The number of anilines is 2. The first-order valence-corrected chi connectivity index (χ1v) is 12.2. The van der Waals surface area contributed by atoms with Gasteiger partial charge in [-0.2, -0.15) is 8.78 Å². The minimum atomic E-state index is -3.37. The highest BCUT2D eigenvalue weighted by atomic mass is 35.5. The first kappa shape index (κ1) is 21.8. The largest absolute Gasteiger partial charge is 0.394 e. The van der Waals surface area contributed by atoms with E-state index in [2.05, 4.69) is 25.3 Å². The second-order valence-corrected chi connectivity index (χ2v) is 10.6. The molecule has 0 amide bonds. The Labute approximate surface area is 191 Å². The van der Waals surface area contributed by atoms with E-state index < -0.39 is 28.0 Å². The van der Waals surface area contributed by atoms with E-state index in [-0.39, 0.29) is 28.9 Å². The molecule has 4 heterocycles. The topological polar surface area (TPSA) is 104 Å². The van der Waals surface area contributed by atoms with Crippen molar-refractivity contribution in [2.45, 2.75) is 60.1 Å². The van der Waals surface area contributed by atoms with Crippen LogP contribution in [0.1, 0.15) is 49.5 Å². The Morgan fingerprint density at radius 1 is 1.22 bits per heavy atom. The molecule has 2 aromatic rings. The van der Waals surface area contributed by atoms with Gasteiger partial charge in [0.1, 0.15) is 27.3 Å². The van der Waals surface area contributed by atoms with Crippen LogP contribution in [-0.4, -0.2) is 59.7 Å². The van der Waals surface area contributed by atoms with Crippen molar-refractivity contribution in [2.75, 3.05) is 29.9 Å². The standard InChI is InChI=1S/C20H23ClF2N6O2S/c21-13-9-24-18(25-10-13)29-6-2-12(3-7-29)16-26-14-8-20(22,23)32(31)15(14)17(27-16)28-19(11-30)4-1-5-19/h9-10,12,30H,1-8,11H2,(H,26,27,28). The summed E-state index contributed by atoms with van der Waals surface area (Å²) in [5.41, 5.74) is -0.465. The number of aliphatic hydroxyl groups is 1. The third-order valence-corrected chi connectivity index (χ3v) is 8.21. The molecule has 2 N–H and O–H groups in total. The molecule has 1 atom stereocenters. The van der Waals surface area contributed by atoms with E-state index in [1.807, 2.05) is 4.90 Å². The lowest BCUT2D eigenvalue weighted by Crippen LogP contribution is -2.48. The van der Waals surface area contributed by atoms with E-state index in [4.69, 9.17) is 11.6 Å². The van der Waals surface area contributed by atoms with Crippen molar-refractivity contribution in [3.8, 4) is 0 Å². The molecule has 12 heteroatoms. The van der Waals surface area contributed by atoms with Crippen LogP contribution in [0.4, 0.5) is 20.5 Å². The van der Waals surface area contributed by atoms with Crippen LogP contribution in [0.3, 0.4) is 0 Å². The fraction of sp³-hybridized carbons (Fsp3) is 0.600. The number of rotatable bonds is 5. The minimum Gasteiger partial charge on any atom is -0.394 e. The van der Waals surface area contributed by atoms with Gasteiger partial charge in [0.25, 0.3) is 0 Å². The summed E-state index contributed by atoms with van der Waals surface area (Å²) >= 11 is 5.86. The molecule has 2 aliphatic heterocycles. The molecule has 0 aromatic carbocycles. The van der Waals surface area contributed by atoms with Gasteiger partial charge >= 0.3 is 5.25 Å². The van der Waals surface area contributed by atoms with Crippen LogP contribution >= 0.6 is 11.6 Å². The fourth-order valence-electron chi connectivity index (χ4n) is 4.49.